The molecule has 23 heavy (non-hydrogen) atoms. The zero-order chi connectivity index (χ0) is 16.4. The molecule has 118 valence electrons. The van der Waals surface area contributed by atoms with Crippen molar-refractivity contribution in [1.29, 1.82) is 0 Å². The van der Waals surface area contributed by atoms with Gasteiger partial charge >= 0.3 is 6.18 Å². The van der Waals surface area contributed by atoms with Crippen LogP contribution in [0, 0.1) is 6.92 Å². The van der Waals surface area contributed by atoms with Gasteiger partial charge in [0.15, 0.2) is 0 Å². The number of aromatic nitrogens is 1. The minimum absolute atomic E-state index is 0.437. The normalized spacial score (nSPS) is 11.7. The lowest BCUT2D eigenvalue weighted by Gasteiger charge is -2.11. The summed E-state index contributed by atoms with van der Waals surface area (Å²) in [5.74, 6) is 0. The number of halogens is 3. The van der Waals surface area contributed by atoms with Crippen molar-refractivity contribution >= 4 is 16.6 Å². The van der Waals surface area contributed by atoms with Gasteiger partial charge in [0, 0.05) is 17.6 Å². The number of hydrogen-bond donors (Lipinski definition) is 1. The van der Waals surface area contributed by atoms with E-state index >= 15 is 0 Å². The molecule has 3 aromatic rings. The van der Waals surface area contributed by atoms with Crippen LogP contribution < -0.4 is 5.32 Å². The van der Waals surface area contributed by atoms with Gasteiger partial charge in [-0.2, -0.15) is 13.2 Å². The van der Waals surface area contributed by atoms with E-state index in [0.29, 0.717) is 6.54 Å². The lowest BCUT2D eigenvalue weighted by molar-refractivity contribution is -0.137. The second-order valence-electron chi connectivity index (χ2n) is 5.38. The Morgan fingerprint density at radius 1 is 0.957 bits per heavy atom. The Morgan fingerprint density at radius 3 is 2.39 bits per heavy atom. The third-order valence-electron chi connectivity index (χ3n) is 3.62. The Bertz CT molecular complexity index is 824. The van der Waals surface area contributed by atoms with Crippen molar-refractivity contribution in [3.63, 3.8) is 0 Å². The fourth-order valence-electron chi connectivity index (χ4n) is 2.40. The van der Waals surface area contributed by atoms with Gasteiger partial charge in [-0.3, -0.25) is 4.98 Å². The van der Waals surface area contributed by atoms with Crippen LogP contribution in [0.15, 0.2) is 54.6 Å². The van der Waals surface area contributed by atoms with E-state index in [1.165, 1.54) is 12.1 Å². The topological polar surface area (TPSA) is 24.9 Å². The third kappa shape index (κ3) is 3.44. The quantitative estimate of drug-likeness (QED) is 0.720. The largest absolute Gasteiger partial charge is 0.416 e. The van der Waals surface area contributed by atoms with Crippen LogP contribution in [0.4, 0.5) is 18.9 Å². The Morgan fingerprint density at radius 2 is 1.70 bits per heavy atom. The molecule has 0 saturated carbocycles. The molecule has 0 unspecified atom stereocenters. The molecule has 0 aliphatic carbocycles. The number of para-hydroxylation sites is 1. The first kappa shape index (κ1) is 15.3. The van der Waals surface area contributed by atoms with Crippen LogP contribution >= 0.6 is 0 Å². The predicted octanol–water partition coefficient (Wildman–Crippen LogP) is 5.17. The van der Waals surface area contributed by atoms with Crippen molar-refractivity contribution in [2.45, 2.75) is 19.6 Å². The van der Waals surface area contributed by atoms with Gasteiger partial charge in [-0.25, -0.2) is 0 Å². The molecule has 0 aliphatic heterocycles. The molecule has 0 amide bonds. The SMILES string of the molecule is Cc1ccc2cccc(NCc3ccc(C(F)(F)F)cc3)c2n1. The highest BCUT2D eigenvalue weighted by Crippen LogP contribution is 2.29. The Kier molecular flexibility index (Phi) is 3.94. The van der Waals surface area contributed by atoms with Crippen molar-refractivity contribution in [3.8, 4) is 0 Å². The number of rotatable bonds is 3. The van der Waals surface area contributed by atoms with E-state index in [4.69, 9.17) is 0 Å². The maximum absolute atomic E-state index is 12.6. The van der Waals surface area contributed by atoms with E-state index in [1.54, 1.807) is 0 Å². The van der Waals surface area contributed by atoms with Crippen molar-refractivity contribution in [2.75, 3.05) is 5.32 Å². The van der Waals surface area contributed by atoms with Crippen LogP contribution in [0.3, 0.4) is 0 Å². The molecule has 1 heterocycles. The first-order chi connectivity index (χ1) is 10.9. The molecule has 5 heteroatoms. The molecule has 0 saturated heterocycles. The van der Waals surface area contributed by atoms with E-state index < -0.39 is 11.7 Å². The summed E-state index contributed by atoms with van der Waals surface area (Å²) in [5.41, 5.74) is 2.79. The third-order valence-corrected chi connectivity index (χ3v) is 3.62. The number of pyridine rings is 1. The molecule has 2 aromatic carbocycles. The number of alkyl halides is 3. The zero-order valence-electron chi connectivity index (χ0n) is 12.5. The number of nitrogens with zero attached hydrogens (tertiary/aromatic N) is 1. The van der Waals surface area contributed by atoms with Gasteiger partial charge in [0.05, 0.1) is 16.8 Å². The summed E-state index contributed by atoms with van der Waals surface area (Å²) in [5, 5.41) is 4.27. The van der Waals surface area contributed by atoms with Crippen molar-refractivity contribution in [2.24, 2.45) is 0 Å². The number of nitrogens with one attached hydrogen (secondary N) is 1. The average molecular weight is 316 g/mol. The fourth-order valence-corrected chi connectivity index (χ4v) is 2.40. The number of fused-ring (bicyclic) bond motifs is 1. The van der Waals surface area contributed by atoms with Gasteiger partial charge in [0.1, 0.15) is 0 Å². The maximum atomic E-state index is 12.6. The van der Waals surface area contributed by atoms with E-state index in [2.05, 4.69) is 10.3 Å². The average Bonchev–Trinajstić information content (AvgIpc) is 2.52. The Labute approximate surface area is 132 Å². The summed E-state index contributed by atoms with van der Waals surface area (Å²) in [7, 11) is 0. The van der Waals surface area contributed by atoms with Crippen LogP contribution in [0.5, 0.6) is 0 Å². The molecule has 0 spiro atoms. The monoisotopic (exact) mass is 316 g/mol. The minimum Gasteiger partial charge on any atom is -0.379 e. The van der Waals surface area contributed by atoms with E-state index in [0.717, 1.165) is 40.0 Å². The molecular weight excluding hydrogens is 301 g/mol. The smallest absolute Gasteiger partial charge is 0.379 e. The van der Waals surface area contributed by atoms with Gasteiger partial charge in [0.2, 0.25) is 0 Å². The van der Waals surface area contributed by atoms with Gasteiger partial charge in [-0.1, -0.05) is 30.3 Å². The zero-order valence-corrected chi connectivity index (χ0v) is 12.5. The Hall–Kier alpha value is -2.56. The predicted molar refractivity (Wildman–Crippen MR) is 85.3 cm³/mol. The van der Waals surface area contributed by atoms with Crippen LogP contribution in [-0.4, -0.2) is 4.98 Å². The van der Waals surface area contributed by atoms with Crippen LogP contribution in [0.2, 0.25) is 0 Å². The van der Waals surface area contributed by atoms with Gasteiger partial charge in [-0.05, 0) is 36.8 Å². The molecule has 1 N–H and O–H groups in total. The molecule has 0 bridgehead atoms. The number of hydrogen-bond acceptors (Lipinski definition) is 2. The highest BCUT2D eigenvalue weighted by Gasteiger charge is 2.29. The summed E-state index contributed by atoms with van der Waals surface area (Å²) < 4.78 is 37.7. The molecule has 2 nitrogen and oxygen atoms in total. The standard InChI is InChI=1S/C18H15F3N2/c1-12-5-8-14-3-2-4-16(17(14)23-12)22-11-13-6-9-15(10-7-13)18(19,20)21/h2-10,22H,11H2,1H3. The first-order valence-corrected chi connectivity index (χ1v) is 7.20. The lowest BCUT2D eigenvalue weighted by atomic mass is 10.1. The first-order valence-electron chi connectivity index (χ1n) is 7.20. The van der Waals surface area contributed by atoms with E-state index in [1.807, 2.05) is 37.3 Å². The molecular formula is C18H15F3N2. The molecule has 0 fully saturated rings. The van der Waals surface area contributed by atoms with Crippen LogP contribution in [0.25, 0.3) is 10.9 Å². The second-order valence-corrected chi connectivity index (χ2v) is 5.38. The number of aryl methyl sites for hydroxylation is 1. The molecule has 1 aromatic heterocycles. The summed E-state index contributed by atoms with van der Waals surface area (Å²) in [6.07, 6.45) is -4.30. The maximum Gasteiger partial charge on any atom is 0.416 e. The Balaban J connectivity index is 1.80. The van der Waals surface area contributed by atoms with Crippen LogP contribution in [0.1, 0.15) is 16.8 Å². The second kappa shape index (κ2) is 5.91. The molecule has 0 aliphatic rings. The number of anilines is 1. The molecule has 3 rings (SSSR count). The van der Waals surface area contributed by atoms with Gasteiger partial charge in [0.25, 0.3) is 0 Å². The summed E-state index contributed by atoms with van der Waals surface area (Å²) >= 11 is 0. The van der Waals surface area contributed by atoms with E-state index in [-0.39, 0.29) is 0 Å². The fraction of sp³-hybridized carbons (Fsp3) is 0.167. The molecule has 0 atom stereocenters. The minimum atomic E-state index is -4.30. The van der Waals surface area contributed by atoms with Crippen molar-refractivity contribution < 1.29 is 13.2 Å². The summed E-state index contributed by atoms with van der Waals surface area (Å²) in [6.45, 7) is 2.36. The van der Waals surface area contributed by atoms with E-state index in [9.17, 15) is 13.2 Å². The highest BCUT2D eigenvalue weighted by molar-refractivity contribution is 5.90. The van der Waals surface area contributed by atoms with Crippen LogP contribution in [-0.2, 0) is 12.7 Å². The van der Waals surface area contributed by atoms with Gasteiger partial charge < -0.3 is 5.32 Å². The summed E-state index contributed by atoms with van der Waals surface area (Å²) in [4.78, 5) is 4.52. The van der Waals surface area contributed by atoms with Gasteiger partial charge in [-0.15, -0.1) is 0 Å². The highest BCUT2D eigenvalue weighted by atomic mass is 19.4. The summed E-state index contributed by atoms with van der Waals surface area (Å²) in [6, 6.07) is 14.9. The lowest BCUT2D eigenvalue weighted by Crippen LogP contribution is -2.06. The van der Waals surface area contributed by atoms with Crippen molar-refractivity contribution in [3.05, 3.63) is 71.4 Å². The molecule has 0 radical (unpaired) electrons. The number of benzene rings is 2. The van der Waals surface area contributed by atoms with Crippen molar-refractivity contribution in [1.82, 2.24) is 4.98 Å².